The summed E-state index contributed by atoms with van der Waals surface area (Å²) >= 11 is 0. The SMILES string of the molecule is C[C@H](Nc1ncnc2nc[nH]c12)c1nc2ccccc2n1C1CCCOC1. The number of fused-ring (bicyclic) bond motifs is 2. The molecule has 4 aromatic rings. The Hall–Kier alpha value is -3.00. The number of hydrogen-bond acceptors (Lipinski definition) is 6. The van der Waals surface area contributed by atoms with E-state index in [2.05, 4.69) is 54.9 Å². The highest BCUT2D eigenvalue weighted by atomic mass is 16.5. The molecule has 1 fully saturated rings. The summed E-state index contributed by atoms with van der Waals surface area (Å²) in [4.78, 5) is 20.8. The van der Waals surface area contributed by atoms with E-state index < -0.39 is 0 Å². The smallest absolute Gasteiger partial charge is 0.182 e. The van der Waals surface area contributed by atoms with E-state index in [1.54, 1.807) is 6.33 Å². The van der Waals surface area contributed by atoms with E-state index >= 15 is 0 Å². The average molecular weight is 363 g/mol. The molecule has 8 nitrogen and oxygen atoms in total. The quantitative estimate of drug-likeness (QED) is 0.578. The second-order valence-corrected chi connectivity index (χ2v) is 6.89. The molecular weight excluding hydrogens is 342 g/mol. The maximum absolute atomic E-state index is 5.75. The zero-order valence-electron chi connectivity index (χ0n) is 15.1. The minimum atomic E-state index is -0.0410. The number of aromatic nitrogens is 6. The fourth-order valence-corrected chi connectivity index (χ4v) is 3.82. The van der Waals surface area contributed by atoms with Crippen molar-refractivity contribution >= 4 is 28.0 Å². The summed E-state index contributed by atoms with van der Waals surface area (Å²) in [6.45, 7) is 3.66. The molecule has 1 aliphatic rings. The number of ether oxygens (including phenoxy) is 1. The number of hydrogen-bond donors (Lipinski definition) is 2. The Kier molecular flexibility index (Phi) is 3.97. The normalized spacial score (nSPS) is 18.8. The Balaban J connectivity index is 1.56. The maximum atomic E-state index is 5.75. The van der Waals surface area contributed by atoms with Gasteiger partial charge < -0.3 is 19.6 Å². The number of H-pyrrole nitrogens is 1. The lowest BCUT2D eigenvalue weighted by Gasteiger charge is -2.27. The van der Waals surface area contributed by atoms with Gasteiger partial charge in [-0.3, -0.25) is 0 Å². The lowest BCUT2D eigenvalue weighted by Crippen LogP contribution is -2.25. The van der Waals surface area contributed by atoms with Gasteiger partial charge in [0.25, 0.3) is 0 Å². The van der Waals surface area contributed by atoms with Crippen LogP contribution >= 0.6 is 0 Å². The molecule has 27 heavy (non-hydrogen) atoms. The summed E-state index contributed by atoms with van der Waals surface area (Å²) in [6, 6.07) is 8.53. The van der Waals surface area contributed by atoms with Gasteiger partial charge in [-0.2, -0.15) is 0 Å². The molecule has 0 saturated carbocycles. The van der Waals surface area contributed by atoms with Crippen LogP contribution in [0.2, 0.25) is 0 Å². The van der Waals surface area contributed by atoms with Crippen molar-refractivity contribution in [1.82, 2.24) is 29.5 Å². The van der Waals surface area contributed by atoms with Gasteiger partial charge in [-0.25, -0.2) is 19.9 Å². The zero-order chi connectivity index (χ0) is 18.2. The molecule has 5 rings (SSSR count). The van der Waals surface area contributed by atoms with Crippen molar-refractivity contribution in [1.29, 1.82) is 0 Å². The minimum Gasteiger partial charge on any atom is -0.379 e. The highest BCUT2D eigenvalue weighted by molar-refractivity contribution is 5.82. The molecule has 2 N–H and O–H groups in total. The number of aromatic amines is 1. The van der Waals surface area contributed by atoms with Crippen LogP contribution in [0.25, 0.3) is 22.2 Å². The lowest BCUT2D eigenvalue weighted by atomic mass is 10.1. The highest BCUT2D eigenvalue weighted by Crippen LogP contribution is 2.31. The minimum absolute atomic E-state index is 0.0410. The van der Waals surface area contributed by atoms with Gasteiger partial charge in [0.1, 0.15) is 17.7 Å². The third kappa shape index (κ3) is 2.82. The second-order valence-electron chi connectivity index (χ2n) is 6.89. The van der Waals surface area contributed by atoms with Gasteiger partial charge in [-0.05, 0) is 31.9 Å². The van der Waals surface area contributed by atoms with E-state index in [9.17, 15) is 0 Å². The molecule has 0 amide bonds. The average Bonchev–Trinajstić information content (AvgIpc) is 3.34. The lowest BCUT2D eigenvalue weighted by molar-refractivity contribution is 0.0593. The van der Waals surface area contributed by atoms with Crippen LogP contribution in [0, 0.1) is 0 Å². The van der Waals surface area contributed by atoms with Crippen molar-refractivity contribution in [3.63, 3.8) is 0 Å². The Labute approximate surface area is 156 Å². The first-order valence-corrected chi connectivity index (χ1v) is 9.26. The first kappa shape index (κ1) is 16.2. The fraction of sp³-hybridized carbons (Fsp3) is 0.368. The van der Waals surface area contributed by atoms with E-state index in [0.717, 1.165) is 54.2 Å². The van der Waals surface area contributed by atoms with E-state index in [1.165, 1.54) is 6.33 Å². The van der Waals surface area contributed by atoms with Crippen molar-refractivity contribution in [3.05, 3.63) is 42.7 Å². The number of para-hydroxylation sites is 2. The molecular formula is C19H21N7O. The molecule has 138 valence electrons. The van der Waals surface area contributed by atoms with Crippen molar-refractivity contribution in [2.75, 3.05) is 18.5 Å². The molecule has 0 bridgehead atoms. The van der Waals surface area contributed by atoms with Crippen molar-refractivity contribution < 1.29 is 4.74 Å². The predicted octanol–water partition coefficient (Wildman–Crippen LogP) is 3.23. The zero-order valence-corrected chi connectivity index (χ0v) is 15.1. The number of rotatable bonds is 4. The Morgan fingerprint density at radius 1 is 1.26 bits per heavy atom. The number of imidazole rings is 2. The van der Waals surface area contributed by atoms with Crippen LogP contribution in [0.15, 0.2) is 36.9 Å². The molecule has 0 spiro atoms. The van der Waals surface area contributed by atoms with E-state index in [4.69, 9.17) is 9.72 Å². The molecule has 0 radical (unpaired) electrons. The first-order valence-electron chi connectivity index (χ1n) is 9.26. The van der Waals surface area contributed by atoms with E-state index in [1.807, 2.05) is 6.07 Å². The third-order valence-corrected chi connectivity index (χ3v) is 5.09. The van der Waals surface area contributed by atoms with Gasteiger partial charge >= 0.3 is 0 Å². The van der Waals surface area contributed by atoms with E-state index in [-0.39, 0.29) is 6.04 Å². The van der Waals surface area contributed by atoms with Gasteiger partial charge in [-0.1, -0.05) is 12.1 Å². The summed E-state index contributed by atoms with van der Waals surface area (Å²) < 4.78 is 8.08. The number of nitrogens with one attached hydrogen (secondary N) is 2. The van der Waals surface area contributed by atoms with Crippen LogP contribution in [0.5, 0.6) is 0 Å². The Morgan fingerprint density at radius 2 is 2.19 bits per heavy atom. The standard InChI is InChI=1S/C19H21N7O/c1-12(24-18-16-17(21-10-20-16)22-11-23-18)19-25-14-6-2-3-7-15(14)26(19)13-5-4-8-27-9-13/h2-3,6-7,10-13H,4-5,8-9H2,1H3,(H2,20,21,22,23,24)/t12-,13?/m0/s1. The van der Waals surface area contributed by atoms with E-state index in [0.29, 0.717) is 11.7 Å². The Morgan fingerprint density at radius 3 is 3.07 bits per heavy atom. The highest BCUT2D eigenvalue weighted by Gasteiger charge is 2.25. The number of nitrogens with zero attached hydrogens (tertiary/aromatic N) is 5. The van der Waals surface area contributed by atoms with Crippen LogP contribution < -0.4 is 5.32 Å². The van der Waals surface area contributed by atoms with Crippen molar-refractivity contribution in [2.24, 2.45) is 0 Å². The fourth-order valence-electron chi connectivity index (χ4n) is 3.82. The second kappa shape index (κ2) is 6.62. The van der Waals surface area contributed by atoms with Crippen LogP contribution in [0.3, 0.4) is 0 Å². The number of anilines is 1. The van der Waals surface area contributed by atoms with Gasteiger partial charge in [0.05, 0.1) is 36.1 Å². The predicted molar refractivity (Wildman–Crippen MR) is 103 cm³/mol. The monoisotopic (exact) mass is 363 g/mol. The summed E-state index contributed by atoms with van der Waals surface area (Å²) in [5.74, 6) is 1.71. The van der Waals surface area contributed by atoms with Crippen LogP contribution in [-0.4, -0.2) is 42.7 Å². The van der Waals surface area contributed by atoms with Gasteiger partial charge in [0, 0.05) is 6.61 Å². The molecule has 3 aromatic heterocycles. The largest absolute Gasteiger partial charge is 0.379 e. The number of benzene rings is 1. The summed E-state index contributed by atoms with van der Waals surface area (Å²) in [6.07, 6.45) is 5.32. The van der Waals surface area contributed by atoms with Gasteiger partial charge in [-0.15, -0.1) is 0 Å². The topological polar surface area (TPSA) is 93.5 Å². The van der Waals surface area contributed by atoms with Crippen molar-refractivity contribution in [3.8, 4) is 0 Å². The molecule has 4 heterocycles. The maximum Gasteiger partial charge on any atom is 0.182 e. The molecule has 0 aliphatic carbocycles. The van der Waals surface area contributed by atoms with Crippen LogP contribution in [0.1, 0.15) is 37.7 Å². The first-order chi connectivity index (χ1) is 13.3. The molecule has 1 aromatic carbocycles. The Bertz CT molecular complexity index is 1080. The summed E-state index contributed by atoms with van der Waals surface area (Å²) in [7, 11) is 0. The molecule has 2 atom stereocenters. The summed E-state index contributed by atoms with van der Waals surface area (Å²) in [5, 5.41) is 3.48. The molecule has 1 saturated heterocycles. The van der Waals surface area contributed by atoms with Crippen LogP contribution in [0.4, 0.5) is 5.82 Å². The molecule has 1 aliphatic heterocycles. The van der Waals surface area contributed by atoms with Crippen molar-refractivity contribution in [2.45, 2.75) is 31.8 Å². The third-order valence-electron chi connectivity index (χ3n) is 5.09. The molecule has 1 unspecified atom stereocenters. The van der Waals surface area contributed by atoms with Crippen LogP contribution in [-0.2, 0) is 4.74 Å². The van der Waals surface area contributed by atoms with Gasteiger partial charge in [0.2, 0.25) is 0 Å². The van der Waals surface area contributed by atoms with Gasteiger partial charge in [0.15, 0.2) is 11.5 Å². The molecule has 8 heteroatoms. The summed E-state index contributed by atoms with van der Waals surface area (Å²) in [5.41, 5.74) is 3.59.